The van der Waals surface area contributed by atoms with E-state index in [0.717, 1.165) is 0 Å². The number of imide groups is 1. The van der Waals surface area contributed by atoms with E-state index < -0.39 is 30.4 Å². The highest BCUT2D eigenvalue weighted by Crippen LogP contribution is 2.35. The molecular formula is C17H17IN2O8. The van der Waals surface area contributed by atoms with Crippen LogP contribution < -0.4 is 14.8 Å². The highest BCUT2D eigenvalue weighted by atomic mass is 127. The van der Waals surface area contributed by atoms with Gasteiger partial charge in [0.2, 0.25) is 0 Å². The van der Waals surface area contributed by atoms with Gasteiger partial charge in [-0.2, -0.15) is 0 Å². The number of benzene rings is 1. The number of carbonyl (C=O) groups is 4. The molecule has 0 spiro atoms. The molecule has 2 rings (SSSR count). The minimum absolute atomic E-state index is 0.0623. The van der Waals surface area contributed by atoms with Gasteiger partial charge in [0.25, 0.3) is 5.91 Å². The number of ether oxygens (including phenoxy) is 3. The highest BCUT2D eigenvalue weighted by molar-refractivity contribution is 14.1. The van der Waals surface area contributed by atoms with Crippen molar-refractivity contribution in [3.8, 4) is 11.5 Å². The van der Waals surface area contributed by atoms with E-state index in [1.54, 1.807) is 19.1 Å². The van der Waals surface area contributed by atoms with Gasteiger partial charge in [-0.05, 0) is 53.3 Å². The van der Waals surface area contributed by atoms with Gasteiger partial charge in [0.05, 0.1) is 17.3 Å². The van der Waals surface area contributed by atoms with Crippen LogP contribution in [0.4, 0.5) is 4.79 Å². The molecule has 0 saturated carbocycles. The molecule has 2 N–H and O–H groups in total. The summed E-state index contributed by atoms with van der Waals surface area (Å²) in [6.07, 6.45) is 1.40. The first-order chi connectivity index (χ1) is 13.3. The maximum absolute atomic E-state index is 12.2. The summed E-state index contributed by atoms with van der Waals surface area (Å²) in [4.78, 5) is 46.7. The maximum Gasteiger partial charge on any atom is 0.343 e. The van der Waals surface area contributed by atoms with Gasteiger partial charge in [-0.1, -0.05) is 0 Å². The first-order valence-electron chi connectivity index (χ1n) is 7.99. The number of urea groups is 1. The second-order valence-corrected chi connectivity index (χ2v) is 6.56. The summed E-state index contributed by atoms with van der Waals surface area (Å²) in [6.45, 7) is 1.06. The fourth-order valence-corrected chi connectivity index (χ4v) is 3.06. The summed E-state index contributed by atoms with van der Waals surface area (Å²) in [5.41, 5.74) is 0.451. The molecule has 0 unspecified atom stereocenters. The molecule has 0 aliphatic carbocycles. The van der Waals surface area contributed by atoms with Crippen LogP contribution >= 0.6 is 22.6 Å². The number of esters is 1. The average Bonchev–Trinajstić information content (AvgIpc) is 2.88. The number of carboxylic acid groups (broad SMARTS) is 1. The van der Waals surface area contributed by atoms with E-state index in [2.05, 4.69) is 10.1 Å². The topological polar surface area (TPSA) is 131 Å². The Balaban J connectivity index is 2.32. The van der Waals surface area contributed by atoms with Gasteiger partial charge in [-0.25, -0.2) is 14.5 Å². The first kappa shape index (κ1) is 21.5. The number of carbonyl (C=O) groups excluding carboxylic acids is 3. The number of rotatable bonds is 8. The number of hydrogen-bond donors (Lipinski definition) is 2. The number of aliphatic carboxylic acids is 1. The second-order valence-electron chi connectivity index (χ2n) is 5.40. The molecule has 28 heavy (non-hydrogen) atoms. The summed E-state index contributed by atoms with van der Waals surface area (Å²) in [5, 5.41) is 11.1. The number of methoxy groups -OCH3 is 1. The predicted octanol–water partition coefficient (Wildman–Crippen LogP) is 1.22. The number of nitrogens with zero attached hydrogens (tertiary/aromatic N) is 1. The van der Waals surface area contributed by atoms with Crippen LogP contribution in [0.25, 0.3) is 6.08 Å². The Kier molecular flexibility index (Phi) is 7.20. The lowest BCUT2D eigenvalue weighted by Crippen LogP contribution is -2.35. The minimum atomic E-state index is -1.30. The van der Waals surface area contributed by atoms with Crippen LogP contribution in [0.3, 0.4) is 0 Å². The molecule has 11 heteroatoms. The molecule has 1 heterocycles. The van der Waals surface area contributed by atoms with Crippen LogP contribution in [-0.4, -0.2) is 60.8 Å². The van der Waals surface area contributed by atoms with E-state index in [0.29, 0.717) is 32.1 Å². The average molecular weight is 504 g/mol. The van der Waals surface area contributed by atoms with Gasteiger partial charge in [0.15, 0.2) is 18.1 Å². The molecule has 1 aliphatic heterocycles. The maximum atomic E-state index is 12.2. The Morgan fingerprint density at radius 3 is 2.61 bits per heavy atom. The van der Waals surface area contributed by atoms with Crippen molar-refractivity contribution in [3.05, 3.63) is 27.0 Å². The Hall–Kier alpha value is -2.83. The number of hydrogen-bond acceptors (Lipinski definition) is 7. The molecule has 0 bridgehead atoms. The lowest BCUT2D eigenvalue weighted by atomic mass is 10.1. The molecule has 3 amide bonds. The molecule has 10 nitrogen and oxygen atoms in total. The molecule has 0 radical (unpaired) electrons. The number of halogens is 1. The van der Waals surface area contributed by atoms with Crippen molar-refractivity contribution in [2.75, 3.05) is 26.9 Å². The second kappa shape index (κ2) is 9.39. The smallest absolute Gasteiger partial charge is 0.343 e. The molecule has 1 fully saturated rings. The third-order valence-corrected chi connectivity index (χ3v) is 4.26. The van der Waals surface area contributed by atoms with Crippen molar-refractivity contribution in [2.24, 2.45) is 0 Å². The van der Waals surface area contributed by atoms with E-state index in [4.69, 9.17) is 14.6 Å². The number of amides is 3. The molecule has 0 aromatic heterocycles. The summed E-state index contributed by atoms with van der Waals surface area (Å²) in [5.74, 6) is -1.92. The van der Waals surface area contributed by atoms with Gasteiger partial charge in [0.1, 0.15) is 12.2 Å². The van der Waals surface area contributed by atoms with Crippen LogP contribution in [0.15, 0.2) is 17.8 Å². The molecule has 1 aliphatic rings. The molecular weight excluding hydrogens is 487 g/mol. The lowest BCUT2D eigenvalue weighted by Gasteiger charge is -2.14. The van der Waals surface area contributed by atoms with E-state index in [1.165, 1.54) is 13.2 Å². The van der Waals surface area contributed by atoms with Crippen LogP contribution in [0, 0.1) is 3.57 Å². The zero-order valence-electron chi connectivity index (χ0n) is 15.0. The number of nitrogens with one attached hydrogen (secondary N) is 1. The molecule has 0 atom stereocenters. The molecule has 1 saturated heterocycles. The van der Waals surface area contributed by atoms with Crippen molar-refractivity contribution in [1.82, 2.24) is 10.2 Å². The standard InChI is InChI=1S/C17H17IN2O8/c1-3-27-12-6-9(4-10(18)15(12)28-8-14(23)26-2)5-11-16(24)20(7-13(21)22)17(25)19-11/h4-6H,3,7-8H2,1-2H3,(H,19,25)(H,21,22)/b11-5+. The monoisotopic (exact) mass is 504 g/mol. The summed E-state index contributed by atoms with van der Waals surface area (Å²) >= 11 is 1.98. The van der Waals surface area contributed by atoms with Crippen molar-refractivity contribution in [3.63, 3.8) is 0 Å². The first-order valence-corrected chi connectivity index (χ1v) is 9.07. The zero-order valence-corrected chi connectivity index (χ0v) is 17.1. The third-order valence-electron chi connectivity index (χ3n) is 3.46. The van der Waals surface area contributed by atoms with E-state index >= 15 is 0 Å². The summed E-state index contributed by atoms with van der Waals surface area (Å²) in [7, 11) is 1.25. The van der Waals surface area contributed by atoms with Gasteiger partial charge in [0, 0.05) is 0 Å². The van der Waals surface area contributed by atoms with Crippen molar-refractivity contribution >= 4 is 52.5 Å². The Labute approximate surface area is 173 Å². The predicted molar refractivity (Wildman–Crippen MR) is 104 cm³/mol. The minimum Gasteiger partial charge on any atom is -0.490 e. The van der Waals surface area contributed by atoms with Crippen molar-refractivity contribution in [2.45, 2.75) is 6.92 Å². The third kappa shape index (κ3) is 5.12. The summed E-state index contributed by atoms with van der Waals surface area (Å²) < 4.78 is 16.1. The highest BCUT2D eigenvalue weighted by Gasteiger charge is 2.34. The number of carboxylic acids is 1. The molecule has 1 aromatic carbocycles. The van der Waals surface area contributed by atoms with Crippen LogP contribution in [0.5, 0.6) is 11.5 Å². The van der Waals surface area contributed by atoms with Gasteiger partial charge >= 0.3 is 18.0 Å². The van der Waals surface area contributed by atoms with Crippen LogP contribution in [-0.2, 0) is 19.1 Å². The fraction of sp³-hybridized carbons (Fsp3) is 0.294. The van der Waals surface area contributed by atoms with Gasteiger partial charge in [-0.15, -0.1) is 0 Å². The summed E-state index contributed by atoms with van der Waals surface area (Å²) in [6, 6.07) is 2.42. The van der Waals surface area contributed by atoms with E-state index in [1.807, 2.05) is 22.6 Å². The Morgan fingerprint density at radius 1 is 1.29 bits per heavy atom. The quantitative estimate of drug-likeness (QED) is 0.234. The fourth-order valence-electron chi connectivity index (χ4n) is 2.28. The van der Waals surface area contributed by atoms with Crippen LogP contribution in [0.2, 0.25) is 0 Å². The Bertz CT molecular complexity index is 852. The Morgan fingerprint density at radius 2 is 2.00 bits per heavy atom. The normalized spacial score (nSPS) is 14.8. The molecule has 150 valence electrons. The zero-order chi connectivity index (χ0) is 20.8. The van der Waals surface area contributed by atoms with Crippen molar-refractivity contribution < 1.29 is 38.5 Å². The van der Waals surface area contributed by atoms with Crippen LogP contribution in [0.1, 0.15) is 12.5 Å². The van der Waals surface area contributed by atoms with E-state index in [9.17, 15) is 19.2 Å². The van der Waals surface area contributed by atoms with Crippen molar-refractivity contribution in [1.29, 1.82) is 0 Å². The van der Waals surface area contributed by atoms with E-state index in [-0.39, 0.29) is 12.3 Å². The lowest BCUT2D eigenvalue weighted by molar-refractivity contribution is -0.143. The van der Waals surface area contributed by atoms with Gasteiger partial charge < -0.3 is 24.6 Å². The SMILES string of the molecule is CCOc1cc(/C=C2/NC(=O)N(CC(=O)O)C2=O)cc(I)c1OCC(=O)OC. The molecule has 1 aromatic rings. The van der Waals surface area contributed by atoms with Gasteiger partial charge in [-0.3, -0.25) is 9.59 Å². The largest absolute Gasteiger partial charge is 0.490 e.